The Morgan fingerprint density at radius 3 is 2.05 bits per heavy atom. The van der Waals surface area contributed by atoms with Crippen LogP contribution in [-0.4, -0.2) is 83.7 Å². The van der Waals surface area contributed by atoms with Crippen molar-refractivity contribution >= 4 is 57.6 Å². The van der Waals surface area contributed by atoms with E-state index in [4.69, 9.17) is 29.4 Å². The molecule has 0 aliphatic carbocycles. The van der Waals surface area contributed by atoms with E-state index in [-0.39, 0.29) is 16.0 Å². The van der Waals surface area contributed by atoms with Gasteiger partial charge >= 0.3 is 23.9 Å². The maximum absolute atomic E-state index is 12.8. The molecule has 0 amide bonds. The van der Waals surface area contributed by atoms with Crippen molar-refractivity contribution in [1.82, 2.24) is 15.0 Å². The molecule has 0 radical (unpaired) electrons. The molecule has 3 N–H and O–H groups in total. The summed E-state index contributed by atoms with van der Waals surface area (Å²) in [7, 11) is -4.09. The van der Waals surface area contributed by atoms with Crippen molar-refractivity contribution in [3.8, 4) is 0 Å². The Hall–Kier alpha value is -4.03. The quantitative estimate of drug-likeness (QED) is 0.273. The molecule has 1 aromatic heterocycles. The van der Waals surface area contributed by atoms with E-state index in [1.165, 1.54) is 24.3 Å². The number of sulfonamides is 1. The molecule has 18 heteroatoms. The average Bonchev–Trinajstić information content (AvgIpc) is 2.85. The van der Waals surface area contributed by atoms with Crippen LogP contribution in [0.5, 0.6) is 0 Å². The molecule has 1 aliphatic heterocycles. The number of nitrogens with two attached hydrogens (primary N) is 1. The number of hydrogen-bond acceptors (Lipinski definition) is 16. The van der Waals surface area contributed by atoms with Crippen LogP contribution < -0.4 is 10.5 Å². The minimum absolute atomic E-state index is 0.0622. The number of carbonyl (C=O) groups is 4. The average molecular weight is 614 g/mol. The number of rotatable bonds is 10. The summed E-state index contributed by atoms with van der Waals surface area (Å²) in [5, 5.41) is -0.177. The lowest BCUT2D eigenvalue weighted by atomic mass is 9.99. The minimum Gasteiger partial charge on any atom is -0.463 e. The van der Waals surface area contributed by atoms with E-state index in [9.17, 15) is 27.6 Å². The van der Waals surface area contributed by atoms with Crippen LogP contribution in [0, 0.1) is 0 Å². The second-order valence-corrected chi connectivity index (χ2v) is 11.2. The van der Waals surface area contributed by atoms with Gasteiger partial charge in [-0.25, -0.2) is 13.1 Å². The molecular formula is C23H27N5O11S2. The van der Waals surface area contributed by atoms with Gasteiger partial charge in [0.05, 0.1) is 4.90 Å². The number of ether oxygens (including phenoxy) is 5. The zero-order chi connectivity index (χ0) is 30.3. The first kappa shape index (κ1) is 31.5. The van der Waals surface area contributed by atoms with Gasteiger partial charge in [0, 0.05) is 27.7 Å². The van der Waals surface area contributed by atoms with E-state index in [0.717, 1.165) is 27.7 Å². The summed E-state index contributed by atoms with van der Waals surface area (Å²) in [6.45, 7) is 3.99. The summed E-state index contributed by atoms with van der Waals surface area (Å²) < 4.78 is 54.9. The first-order valence-corrected chi connectivity index (χ1v) is 14.2. The van der Waals surface area contributed by atoms with Crippen LogP contribution in [0.2, 0.25) is 0 Å². The van der Waals surface area contributed by atoms with Crippen molar-refractivity contribution in [2.75, 3.05) is 17.1 Å². The second kappa shape index (κ2) is 13.6. The Morgan fingerprint density at radius 2 is 1.46 bits per heavy atom. The highest BCUT2D eigenvalue weighted by atomic mass is 32.2. The summed E-state index contributed by atoms with van der Waals surface area (Å²) in [5.74, 6) is -3.84. The number of aromatic nitrogens is 3. The lowest BCUT2D eigenvalue weighted by molar-refractivity contribution is -0.237. The topological polar surface area (TPSA) is 225 Å². The summed E-state index contributed by atoms with van der Waals surface area (Å²) >= 11 is 0.706. The van der Waals surface area contributed by atoms with Gasteiger partial charge < -0.3 is 29.4 Å². The van der Waals surface area contributed by atoms with E-state index in [1.807, 2.05) is 0 Å². The van der Waals surface area contributed by atoms with Gasteiger partial charge in [0.25, 0.3) is 10.0 Å². The van der Waals surface area contributed by atoms with Crippen molar-refractivity contribution in [3.05, 3.63) is 30.3 Å². The van der Waals surface area contributed by atoms with Crippen LogP contribution in [0.3, 0.4) is 0 Å². The first-order valence-electron chi connectivity index (χ1n) is 11.8. The first-order chi connectivity index (χ1) is 19.2. The number of thioether (sulfide) groups is 1. The number of nitrogens with zero attached hydrogens (tertiary/aromatic N) is 3. The fourth-order valence-corrected chi connectivity index (χ4v) is 5.64. The SMILES string of the molecule is CC(=O)OCC1OC(Sc2nc(N)nc(NS(=O)(=O)c3ccccc3)n2)C(OC(C)=O)C(OC(C)=O)C1OC(C)=O. The molecule has 0 bridgehead atoms. The van der Waals surface area contributed by atoms with E-state index >= 15 is 0 Å². The van der Waals surface area contributed by atoms with Gasteiger partial charge in [-0.2, -0.15) is 15.0 Å². The Bertz CT molecular complexity index is 1390. The molecular weight excluding hydrogens is 586 g/mol. The second-order valence-electron chi connectivity index (χ2n) is 8.40. The molecule has 222 valence electrons. The number of benzene rings is 1. The number of nitrogens with one attached hydrogen (secondary N) is 1. The summed E-state index contributed by atoms with van der Waals surface area (Å²) in [5.41, 5.74) is 4.53. The molecule has 5 atom stereocenters. The van der Waals surface area contributed by atoms with E-state index in [1.54, 1.807) is 6.07 Å². The van der Waals surface area contributed by atoms with Crippen LogP contribution >= 0.6 is 11.8 Å². The standard InChI is InChI=1S/C23H27N5O11S2/c1-11(29)35-10-16-17(36-12(2)30)18(37-13(3)31)19(38-14(4)32)20(39-16)40-23-26-21(24)25-22(27-23)28-41(33,34)15-8-6-5-7-9-15/h5-9,16-20H,10H2,1-4H3,(H3,24,25,26,27,28). The highest BCUT2D eigenvalue weighted by Crippen LogP contribution is 2.37. The molecule has 1 fully saturated rings. The molecule has 2 heterocycles. The van der Waals surface area contributed by atoms with Crippen molar-refractivity contribution < 1.29 is 51.3 Å². The van der Waals surface area contributed by atoms with Crippen molar-refractivity contribution in [2.45, 2.75) is 67.6 Å². The molecule has 5 unspecified atom stereocenters. The zero-order valence-electron chi connectivity index (χ0n) is 22.2. The molecule has 1 saturated heterocycles. The Kier molecular flexibility index (Phi) is 10.4. The maximum atomic E-state index is 12.8. The molecule has 1 aliphatic rings. The van der Waals surface area contributed by atoms with E-state index in [0.29, 0.717) is 11.8 Å². The Balaban J connectivity index is 1.99. The molecule has 0 spiro atoms. The lowest BCUT2D eigenvalue weighted by Crippen LogP contribution is -2.61. The van der Waals surface area contributed by atoms with E-state index in [2.05, 4.69) is 19.7 Å². The Labute approximate surface area is 238 Å². The smallest absolute Gasteiger partial charge is 0.303 e. The van der Waals surface area contributed by atoms with Gasteiger partial charge in [0.1, 0.15) is 12.7 Å². The third kappa shape index (κ3) is 8.98. The molecule has 2 aromatic rings. The van der Waals surface area contributed by atoms with Gasteiger partial charge in [0.15, 0.2) is 28.9 Å². The fourth-order valence-electron chi connectivity index (χ4n) is 3.64. The number of esters is 4. The summed E-state index contributed by atoms with van der Waals surface area (Å²) in [6, 6.07) is 7.42. The highest BCUT2D eigenvalue weighted by molar-refractivity contribution is 7.99. The monoisotopic (exact) mass is 613 g/mol. The highest BCUT2D eigenvalue weighted by Gasteiger charge is 2.52. The van der Waals surface area contributed by atoms with Crippen molar-refractivity contribution in [3.63, 3.8) is 0 Å². The number of carbonyl (C=O) groups excluding carboxylic acids is 4. The third-order valence-electron chi connectivity index (χ3n) is 5.08. The lowest BCUT2D eigenvalue weighted by Gasteiger charge is -2.43. The molecule has 16 nitrogen and oxygen atoms in total. The van der Waals surface area contributed by atoms with Crippen molar-refractivity contribution in [1.29, 1.82) is 0 Å². The normalized spacial score (nSPS) is 22.2. The van der Waals surface area contributed by atoms with Gasteiger partial charge in [-0.15, -0.1) is 0 Å². The van der Waals surface area contributed by atoms with E-state index < -0.39 is 76.3 Å². The fraction of sp³-hybridized carbons (Fsp3) is 0.435. The summed E-state index contributed by atoms with van der Waals surface area (Å²) in [6.07, 6.45) is -5.37. The van der Waals surface area contributed by atoms with Gasteiger partial charge in [-0.3, -0.25) is 19.2 Å². The van der Waals surface area contributed by atoms with Gasteiger partial charge in [-0.05, 0) is 23.9 Å². The van der Waals surface area contributed by atoms with Crippen LogP contribution in [-0.2, 0) is 52.9 Å². The van der Waals surface area contributed by atoms with Crippen LogP contribution in [0.4, 0.5) is 11.9 Å². The van der Waals surface area contributed by atoms with Gasteiger partial charge in [-0.1, -0.05) is 18.2 Å². The third-order valence-corrected chi connectivity index (χ3v) is 7.43. The molecule has 3 rings (SSSR count). The Morgan fingerprint density at radius 1 is 0.878 bits per heavy atom. The van der Waals surface area contributed by atoms with Gasteiger partial charge in [0.2, 0.25) is 11.9 Å². The van der Waals surface area contributed by atoms with Crippen LogP contribution in [0.15, 0.2) is 40.4 Å². The van der Waals surface area contributed by atoms with Crippen molar-refractivity contribution in [2.24, 2.45) is 0 Å². The van der Waals surface area contributed by atoms with Crippen LogP contribution in [0.1, 0.15) is 27.7 Å². The molecule has 1 aromatic carbocycles. The predicted octanol–water partition coefficient (Wildman–Crippen LogP) is 0.430. The summed E-state index contributed by atoms with van der Waals surface area (Å²) in [4.78, 5) is 59.2. The molecule has 0 saturated carbocycles. The minimum atomic E-state index is -4.09. The predicted molar refractivity (Wildman–Crippen MR) is 139 cm³/mol. The number of anilines is 2. The number of hydrogen-bond donors (Lipinski definition) is 2. The maximum Gasteiger partial charge on any atom is 0.303 e. The van der Waals surface area contributed by atoms with Crippen LogP contribution in [0.25, 0.3) is 0 Å². The molecule has 41 heavy (non-hydrogen) atoms. The zero-order valence-corrected chi connectivity index (χ0v) is 23.8. The number of nitrogen functional groups attached to an aromatic ring is 1. The largest absolute Gasteiger partial charge is 0.463 e.